The van der Waals surface area contributed by atoms with E-state index in [0.29, 0.717) is 12.2 Å². The Hall–Kier alpha value is -0.860. The number of carbonyl (C=O) groups is 1. The van der Waals surface area contributed by atoms with E-state index >= 15 is 0 Å². The highest BCUT2D eigenvalue weighted by molar-refractivity contribution is 5.82. The van der Waals surface area contributed by atoms with Crippen molar-refractivity contribution in [1.82, 2.24) is 0 Å². The maximum absolute atomic E-state index is 12.4. The molecule has 0 aromatic heterocycles. The van der Waals surface area contributed by atoms with Crippen LogP contribution >= 0.6 is 0 Å². The number of ether oxygens (including phenoxy) is 1. The normalized spacial score (nSPS) is 14.4. The van der Waals surface area contributed by atoms with Gasteiger partial charge in [0.2, 0.25) is 0 Å². The Morgan fingerprint density at radius 2 is 2.27 bits per heavy atom. The van der Waals surface area contributed by atoms with Gasteiger partial charge in [0.25, 0.3) is 0 Å². The molecule has 0 saturated carbocycles. The van der Waals surface area contributed by atoms with Crippen molar-refractivity contribution in [3.63, 3.8) is 0 Å². The van der Waals surface area contributed by atoms with Crippen LogP contribution in [-0.4, -0.2) is 18.7 Å². The maximum atomic E-state index is 12.4. The molecule has 0 N–H and O–H groups in total. The Morgan fingerprint density at radius 3 is 2.64 bits per heavy atom. The first-order valence-corrected chi connectivity index (χ1v) is 3.57. The first-order chi connectivity index (χ1) is 5.07. The molecule has 0 rings (SSSR count). The molecule has 0 radical (unpaired) electrons. The van der Waals surface area contributed by atoms with E-state index in [0.717, 1.165) is 0 Å². The lowest BCUT2D eigenvalue weighted by Gasteiger charge is -2.00. The average molecular weight is 160 g/mol. The van der Waals surface area contributed by atoms with Crippen LogP contribution in [0, 0.1) is 0 Å². The lowest BCUT2D eigenvalue weighted by molar-refractivity contribution is -0.137. The molecule has 0 heterocycles. The summed E-state index contributed by atoms with van der Waals surface area (Å²) in [5, 5.41) is 0. The lowest BCUT2D eigenvalue weighted by Crippen LogP contribution is -2.03. The van der Waals surface area contributed by atoms with Crippen LogP contribution in [0.3, 0.4) is 0 Å². The highest BCUT2D eigenvalue weighted by Gasteiger charge is 2.03. The van der Waals surface area contributed by atoms with Crippen molar-refractivity contribution in [2.75, 3.05) is 6.61 Å². The van der Waals surface area contributed by atoms with Gasteiger partial charge in [0.15, 0.2) is 0 Å². The van der Waals surface area contributed by atoms with Crippen molar-refractivity contribution in [2.45, 2.75) is 26.9 Å². The molecule has 0 aliphatic carbocycles. The number of rotatable bonds is 3. The predicted molar refractivity (Wildman–Crippen MR) is 41.0 cm³/mol. The van der Waals surface area contributed by atoms with Crippen LogP contribution in [-0.2, 0) is 9.53 Å². The molecular formula is C8H13FO2. The van der Waals surface area contributed by atoms with E-state index in [2.05, 4.69) is 4.74 Å². The first kappa shape index (κ1) is 10.1. The minimum atomic E-state index is -1.08. The molecule has 0 amide bonds. The van der Waals surface area contributed by atoms with Crippen LogP contribution in [0.2, 0.25) is 0 Å². The van der Waals surface area contributed by atoms with Crippen molar-refractivity contribution in [1.29, 1.82) is 0 Å². The fraction of sp³-hybridized carbons (Fsp3) is 0.625. The quantitative estimate of drug-likeness (QED) is 0.465. The minimum Gasteiger partial charge on any atom is -0.463 e. The third-order valence-electron chi connectivity index (χ3n) is 1.26. The summed E-state index contributed by atoms with van der Waals surface area (Å²) in [6.45, 7) is 4.97. The molecule has 1 atom stereocenters. The van der Waals surface area contributed by atoms with Gasteiger partial charge in [0.1, 0.15) is 6.17 Å². The van der Waals surface area contributed by atoms with E-state index in [4.69, 9.17) is 0 Å². The molecule has 2 nitrogen and oxygen atoms in total. The Kier molecular flexibility index (Phi) is 4.50. The van der Waals surface area contributed by atoms with Crippen LogP contribution < -0.4 is 0 Å². The third kappa shape index (κ3) is 4.53. The number of alkyl halides is 1. The second-order valence-electron chi connectivity index (χ2n) is 2.26. The highest BCUT2D eigenvalue weighted by Crippen LogP contribution is 2.04. The van der Waals surface area contributed by atoms with Gasteiger partial charge in [0.05, 0.1) is 6.61 Å². The zero-order chi connectivity index (χ0) is 8.85. The van der Waals surface area contributed by atoms with Crippen LogP contribution in [0.15, 0.2) is 11.6 Å². The maximum Gasteiger partial charge on any atom is 0.330 e. The number of halogens is 1. The number of esters is 1. The summed E-state index contributed by atoms with van der Waals surface area (Å²) < 4.78 is 17.0. The summed E-state index contributed by atoms with van der Waals surface area (Å²) in [5.74, 6) is -0.477. The van der Waals surface area contributed by atoms with Gasteiger partial charge < -0.3 is 4.74 Å². The van der Waals surface area contributed by atoms with E-state index in [-0.39, 0.29) is 0 Å². The van der Waals surface area contributed by atoms with Crippen molar-refractivity contribution >= 4 is 5.97 Å². The summed E-state index contributed by atoms with van der Waals surface area (Å²) in [6, 6.07) is 0. The van der Waals surface area contributed by atoms with Gasteiger partial charge in [-0.1, -0.05) is 0 Å². The van der Waals surface area contributed by atoms with Crippen LogP contribution in [0.1, 0.15) is 20.8 Å². The van der Waals surface area contributed by atoms with Crippen molar-refractivity contribution in [2.24, 2.45) is 0 Å². The Labute approximate surface area is 66.0 Å². The van der Waals surface area contributed by atoms with E-state index < -0.39 is 12.1 Å². The largest absolute Gasteiger partial charge is 0.463 e. The number of carbonyl (C=O) groups excluding carboxylic acids is 1. The molecule has 0 saturated heterocycles. The van der Waals surface area contributed by atoms with E-state index in [1.807, 2.05) is 0 Å². The van der Waals surface area contributed by atoms with Crippen molar-refractivity contribution < 1.29 is 13.9 Å². The Morgan fingerprint density at radius 1 is 1.73 bits per heavy atom. The topological polar surface area (TPSA) is 26.3 Å². The van der Waals surface area contributed by atoms with Gasteiger partial charge in [-0.3, -0.25) is 0 Å². The smallest absolute Gasteiger partial charge is 0.330 e. The van der Waals surface area contributed by atoms with Crippen LogP contribution in [0.5, 0.6) is 0 Å². The van der Waals surface area contributed by atoms with Crippen molar-refractivity contribution in [3.8, 4) is 0 Å². The highest BCUT2D eigenvalue weighted by atomic mass is 19.1. The van der Waals surface area contributed by atoms with E-state index in [1.54, 1.807) is 13.8 Å². The number of hydrogen-bond acceptors (Lipinski definition) is 2. The third-order valence-corrected chi connectivity index (χ3v) is 1.26. The second-order valence-corrected chi connectivity index (χ2v) is 2.26. The van der Waals surface area contributed by atoms with Gasteiger partial charge in [-0.05, 0) is 26.3 Å². The van der Waals surface area contributed by atoms with E-state index in [9.17, 15) is 9.18 Å². The number of hydrogen-bond donors (Lipinski definition) is 0. The summed E-state index contributed by atoms with van der Waals surface area (Å²) in [4.78, 5) is 10.7. The lowest BCUT2D eigenvalue weighted by atomic mass is 10.2. The summed E-state index contributed by atoms with van der Waals surface area (Å²) in [5.41, 5.74) is 0.392. The van der Waals surface area contributed by atoms with Crippen LogP contribution in [0.25, 0.3) is 0 Å². The zero-order valence-corrected chi connectivity index (χ0v) is 7.06. The van der Waals surface area contributed by atoms with Crippen molar-refractivity contribution in [3.05, 3.63) is 11.6 Å². The molecule has 3 heteroatoms. The summed E-state index contributed by atoms with van der Waals surface area (Å²) in [6.07, 6.45) is 0.0909. The van der Waals surface area contributed by atoms with Gasteiger partial charge in [0, 0.05) is 6.08 Å². The molecule has 0 bridgehead atoms. The molecule has 0 aromatic rings. The van der Waals surface area contributed by atoms with Crippen LogP contribution in [0.4, 0.5) is 4.39 Å². The molecule has 0 fully saturated rings. The molecule has 0 spiro atoms. The van der Waals surface area contributed by atoms with E-state index in [1.165, 1.54) is 13.0 Å². The molecule has 11 heavy (non-hydrogen) atoms. The monoisotopic (exact) mass is 160 g/mol. The fourth-order valence-corrected chi connectivity index (χ4v) is 0.485. The van der Waals surface area contributed by atoms with Gasteiger partial charge in [-0.15, -0.1) is 0 Å². The molecule has 64 valence electrons. The molecule has 0 unspecified atom stereocenters. The summed E-state index contributed by atoms with van der Waals surface area (Å²) in [7, 11) is 0. The minimum absolute atomic E-state index is 0.323. The Bertz CT molecular complexity index is 161. The standard InChI is InChI=1S/C8H13FO2/c1-4-11-8(10)5-6(2)7(3)9/h5,7H,4H2,1-3H3/b6-5-/t7-/m1/s1. The molecule has 0 aromatic carbocycles. The van der Waals surface area contributed by atoms with Gasteiger partial charge in [-0.2, -0.15) is 0 Å². The first-order valence-electron chi connectivity index (χ1n) is 3.57. The molecule has 0 aliphatic heterocycles. The second kappa shape index (κ2) is 4.88. The number of allylic oxidation sites excluding steroid dienone is 1. The fourth-order valence-electron chi connectivity index (χ4n) is 0.485. The van der Waals surface area contributed by atoms with Gasteiger partial charge >= 0.3 is 5.97 Å². The summed E-state index contributed by atoms with van der Waals surface area (Å²) >= 11 is 0. The Balaban J connectivity index is 3.97. The predicted octanol–water partition coefficient (Wildman–Crippen LogP) is 1.85. The SMILES string of the molecule is CCOC(=O)/C=C(/C)[C@@H](C)F. The molecule has 0 aliphatic rings. The van der Waals surface area contributed by atoms with Gasteiger partial charge in [-0.25, -0.2) is 9.18 Å². The molecular weight excluding hydrogens is 147 g/mol. The average Bonchev–Trinajstić information content (AvgIpc) is 1.87. The zero-order valence-electron chi connectivity index (χ0n) is 7.06.